The predicted molar refractivity (Wildman–Crippen MR) is 108 cm³/mol. The number of esters is 1. The monoisotopic (exact) mass is 394 g/mol. The lowest BCUT2D eigenvalue weighted by atomic mass is 10.2. The number of pyridine rings is 1. The van der Waals surface area contributed by atoms with Crippen molar-refractivity contribution < 1.29 is 19.1 Å². The number of thioether (sulfide) groups is 1. The van der Waals surface area contributed by atoms with Gasteiger partial charge in [-0.05, 0) is 48.7 Å². The van der Waals surface area contributed by atoms with Crippen molar-refractivity contribution in [2.75, 3.05) is 18.2 Å². The molecule has 28 heavy (non-hydrogen) atoms. The quantitative estimate of drug-likeness (QED) is 0.473. The van der Waals surface area contributed by atoms with Crippen molar-refractivity contribution in [2.24, 2.45) is 0 Å². The fraction of sp³-hybridized carbons (Fsp3) is 0.0952. The Morgan fingerprint density at radius 3 is 2.71 bits per heavy atom. The number of ether oxygens (including phenoxy) is 2. The molecule has 3 aromatic rings. The van der Waals surface area contributed by atoms with Gasteiger partial charge in [0, 0.05) is 16.8 Å². The van der Waals surface area contributed by atoms with Crippen LogP contribution < -0.4 is 10.1 Å². The minimum Gasteiger partial charge on any atom is -0.455 e. The van der Waals surface area contributed by atoms with Gasteiger partial charge in [0.15, 0.2) is 6.61 Å². The molecule has 0 fully saturated rings. The van der Waals surface area contributed by atoms with E-state index in [1.54, 1.807) is 60.4 Å². The summed E-state index contributed by atoms with van der Waals surface area (Å²) in [5, 5.41) is 2.71. The van der Waals surface area contributed by atoms with Crippen molar-refractivity contribution in [1.29, 1.82) is 0 Å². The number of hydrogen-bond donors (Lipinski definition) is 1. The maximum atomic E-state index is 12.4. The van der Waals surface area contributed by atoms with Crippen molar-refractivity contribution in [3.05, 3.63) is 78.6 Å². The standard InChI is InChI=1S/C21H18N2O4S/c1-28-17-8-4-6-15(12-17)23-20(24)14-26-21(25)18-9-2-3-10-19(18)27-16-7-5-11-22-13-16/h2-13H,14H2,1H3,(H,23,24). The third-order valence-electron chi connectivity index (χ3n) is 3.66. The third kappa shape index (κ3) is 5.34. The van der Waals surface area contributed by atoms with Crippen LogP contribution in [0.2, 0.25) is 0 Å². The minimum absolute atomic E-state index is 0.225. The number of nitrogens with zero attached hydrogens (tertiary/aromatic N) is 1. The lowest BCUT2D eigenvalue weighted by Gasteiger charge is -2.11. The van der Waals surface area contributed by atoms with Crippen molar-refractivity contribution in [1.82, 2.24) is 4.98 Å². The molecule has 142 valence electrons. The fourth-order valence-electron chi connectivity index (χ4n) is 2.37. The largest absolute Gasteiger partial charge is 0.455 e. The van der Waals surface area contributed by atoms with E-state index in [1.807, 2.05) is 24.5 Å². The highest BCUT2D eigenvalue weighted by Gasteiger charge is 2.16. The van der Waals surface area contributed by atoms with E-state index in [4.69, 9.17) is 9.47 Å². The summed E-state index contributed by atoms with van der Waals surface area (Å²) in [5.74, 6) is -0.243. The molecule has 0 spiro atoms. The highest BCUT2D eigenvalue weighted by atomic mass is 32.2. The summed E-state index contributed by atoms with van der Waals surface area (Å²) in [6.07, 6.45) is 5.12. The molecule has 1 aromatic heterocycles. The van der Waals surface area contributed by atoms with Gasteiger partial charge in [-0.2, -0.15) is 0 Å². The van der Waals surface area contributed by atoms with Crippen molar-refractivity contribution in [3.63, 3.8) is 0 Å². The van der Waals surface area contributed by atoms with Gasteiger partial charge in [-0.3, -0.25) is 9.78 Å². The molecule has 3 rings (SSSR count). The summed E-state index contributed by atoms with van der Waals surface area (Å²) in [4.78, 5) is 29.5. The molecule has 1 N–H and O–H groups in total. The molecule has 6 nitrogen and oxygen atoms in total. The number of carbonyl (C=O) groups excluding carboxylic acids is 2. The Morgan fingerprint density at radius 2 is 1.93 bits per heavy atom. The molecule has 0 bridgehead atoms. The van der Waals surface area contributed by atoms with Crippen LogP contribution in [0.25, 0.3) is 0 Å². The molecule has 0 aliphatic heterocycles. The Morgan fingerprint density at radius 1 is 1.07 bits per heavy atom. The summed E-state index contributed by atoms with van der Waals surface area (Å²) >= 11 is 1.57. The van der Waals surface area contributed by atoms with Crippen LogP contribution in [-0.4, -0.2) is 29.7 Å². The molecular formula is C21H18N2O4S. The van der Waals surface area contributed by atoms with Gasteiger partial charge >= 0.3 is 5.97 Å². The Hall–Kier alpha value is -3.32. The average Bonchev–Trinajstić information content (AvgIpc) is 2.73. The number of rotatable bonds is 7. The second-order valence-electron chi connectivity index (χ2n) is 5.64. The van der Waals surface area contributed by atoms with Gasteiger partial charge in [0.2, 0.25) is 0 Å². The van der Waals surface area contributed by atoms with Crippen LogP contribution in [0.5, 0.6) is 11.5 Å². The number of amides is 1. The Labute approximate surface area is 166 Å². The first-order chi connectivity index (χ1) is 13.7. The molecule has 0 unspecified atom stereocenters. The minimum atomic E-state index is -0.646. The topological polar surface area (TPSA) is 77.5 Å². The van der Waals surface area contributed by atoms with E-state index >= 15 is 0 Å². The molecule has 0 atom stereocenters. The highest BCUT2D eigenvalue weighted by Crippen LogP contribution is 2.25. The SMILES string of the molecule is CSc1cccc(NC(=O)COC(=O)c2ccccc2Oc2cccnc2)c1. The van der Waals surface area contributed by atoms with E-state index in [-0.39, 0.29) is 5.56 Å². The average molecular weight is 394 g/mol. The van der Waals surface area contributed by atoms with Crippen LogP contribution in [-0.2, 0) is 9.53 Å². The Balaban J connectivity index is 1.61. The molecule has 0 aliphatic carbocycles. The molecular weight excluding hydrogens is 376 g/mol. The molecule has 0 saturated carbocycles. The molecule has 0 radical (unpaired) electrons. The number of nitrogens with one attached hydrogen (secondary N) is 1. The first-order valence-electron chi connectivity index (χ1n) is 8.43. The van der Waals surface area contributed by atoms with E-state index in [9.17, 15) is 9.59 Å². The molecule has 0 aliphatic rings. The first-order valence-corrected chi connectivity index (χ1v) is 9.66. The Kier molecular flexibility index (Phi) is 6.64. The number of anilines is 1. The van der Waals surface area contributed by atoms with E-state index in [0.717, 1.165) is 4.90 Å². The predicted octanol–water partition coefficient (Wildman–Crippen LogP) is 4.39. The zero-order valence-electron chi connectivity index (χ0n) is 15.1. The van der Waals surface area contributed by atoms with Gasteiger partial charge in [0.05, 0.1) is 6.20 Å². The van der Waals surface area contributed by atoms with Gasteiger partial charge in [-0.1, -0.05) is 18.2 Å². The van der Waals surface area contributed by atoms with Crippen molar-refractivity contribution in [3.8, 4) is 11.5 Å². The lowest BCUT2D eigenvalue weighted by Crippen LogP contribution is -2.21. The number of benzene rings is 2. The molecule has 2 aromatic carbocycles. The van der Waals surface area contributed by atoms with Crippen LogP contribution in [0, 0.1) is 0 Å². The number of para-hydroxylation sites is 1. The van der Waals surface area contributed by atoms with Crippen LogP contribution in [0.3, 0.4) is 0 Å². The summed E-state index contributed by atoms with van der Waals surface area (Å²) in [5.41, 5.74) is 0.872. The van der Waals surface area contributed by atoms with Gasteiger partial charge < -0.3 is 14.8 Å². The van der Waals surface area contributed by atoms with Gasteiger partial charge in [-0.15, -0.1) is 11.8 Å². The number of hydrogen-bond acceptors (Lipinski definition) is 6. The second-order valence-corrected chi connectivity index (χ2v) is 6.52. The summed E-state index contributed by atoms with van der Waals surface area (Å²) < 4.78 is 10.8. The summed E-state index contributed by atoms with van der Waals surface area (Å²) in [7, 11) is 0. The van der Waals surface area contributed by atoms with E-state index in [1.165, 1.54) is 6.20 Å². The van der Waals surface area contributed by atoms with Crippen LogP contribution in [0.4, 0.5) is 5.69 Å². The molecule has 0 saturated heterocycles. The summed E-state index contributed by atoms with van der Waals surface area (Å²) in [6, 6.07) is 17.5. The normalized spacial score (nSPS) is 10.2. The van der Waals surface area contributed by atoms with E-state index in [2.05, 4.69) is 10.3 Å². The smallest absolute Gasteiger partial charge is 0.342 e. The maximum absolute atomic E-state index is 12.4. The number of aromatic nitrogens is 1. The van der Waals surface area contributed by atoms with Gasteiger partial charge in [-0.25, -0.2) is 4.79 Å². The van der Waals surface area contributed by atoms with Crippen molar-refractivity contribution in [2.45, 2.75) is 4.90 Å². The second kappa shape index (κ2) is 9.57. The third-order valence-corrected chi connectivity index (χ3v) is 4.38. The van der Waals surface area contributed by atoms with Crippen LogP contribution in [0.15, 0.2) is 78.0 Å². The van der Waals surface area contributed by atoms with Gasteiger partial charge in [0.25, 0.3) is 5.91 Å². The van der Waals surface area contributed by atoms with Crippen LogP contribution in [0.1, 0.15) is 10.4 Å². The summed E-state index contributed by atoms with van der Waals surface area (Å²) in [6.45, 7) is -0.399. The molecule has 1 amide bonds. The highest BCUT2D eigenvalue weighted by molar-refractivity contribution is 7.98. The lowest BCUT2D eigenvalue weighted by molar-refractivity contribution is -0.119. The van der Waals surface area contributed by atoms with E-state index < -0.39 is 18.5 Å². The first kappa shape index (κ1) is 19.4. The van der Waals surface area contributed by atoms with Gasteiger partial charge in [0.1, 0.15) is 17.1 Å². The fourth-order valence-corrected chi connectivity index (χ4v) is 2.82. The van der Waals surface area contributed by atoms with Crippen molar-refractivity contribution >= 4 is 29.3 Å². The zero-order chi connectivity index (χ0) is 19.8. The molecule has 1 heterocycles. The Bertz CT molecular complexity index is 963. The van der Waals surface area contributed by atoms with E-state index in [0.29, 0.717) is 17.2 Å². The zero-order valence-corrected chi connectivity index (χ0v) is 15.9. The molecule has 7 heteroatoms. The maximum Gasteiger partial charge on any atom is 0.342 e. The number of carbonyl (C=O) groups is 2. The van der Waals surface area contributed by atoms with Crippen LogP contribution >= 0.6 is 11.8 Å².